The van der Waals surface area contributed by atoms with E-state index in [1.54, 1.807) is 0 Å². The largest absolute Gasteiger partial charge is 0.394 e. The van der Waals surface area contributed by atoms with Crippen molar-refractivity contribution in [2.24, 2.45) is 0 Å². The van der Waals surface area contributed by atoms with Gasteiger partial charge >= 0.3 is 0 Å². The first-order valence-corrected chi connectivity index (χ1v) is 6.53. The Balaban J connectivity index is 1.83. The highest BCUT2D eigenvalue weighted by Gasteiger charge is 2.33. The first kappa shape index (κ1) is 13.8. The number of anilines is 1. The van der Waals surface area contributed by atoms with Gasteiger partial charge in [0.15, 0.2) is 0 Å². The van der Waals surface area contributed by atoms with E-state index in [1.165, 1.54) is 0 Å². The van der Waals surface area contributed by atoms with Crippen LogP contribution in [0.25, 0.3) is 0 Å². The van der Waals surface area contributed by atoms with Gasteiger partial charge in [0.25, 0.3) is 0 Å². The summed E-state index contributed by atoms with van der Waals surface area (Å²) in [6.07, 6.45) is 1.31. The summed E-state index contributed by atoms with van der Waals surface area (Å²) in [5.41, 5.74) is 0.385. The van der Waals surface area contributed by atoms with Crippen molar-refractivity contribution in [1.82, 2.24) is 5.32 Å². The fourth-order valence-electron chi connectivity index (χ4n) is 2.16. The maximum atomic E-state index is 11.9. The number of nitrogens with one attached hydrogen (secondary N) is 2. The van der Waals surface area contributed by atoms with Gasteiger partial charge in [0.1, 0.15) is 0 Å². The van der Waals surface area contributed by atoms with Crippen LogP contribution in [0.3, 0.4) is 0 Å². The predicted molar refractivity (Wildman–Crippen MR) is 72.9 cm³/mol. The molecule has 1 aliphatic rings. The van der Waals surface area contributed by atoms with Gasteiger partial charge in [-0.25, -0.2) is 0 Å². The van der Waals surface area contributed by atoms with Gasteiger partial charge in [0, 0.05) is 18.9 Å². The fraction of sp³-hybridized carbons (Fsp3) is 0.500. The van der Waals surface area contributed by atoms with Crippen LogP contribution >= 0.6 is 0 Å². The minimum absolute atomic E-state index is 0.0482. The van der Waals surface area contributed by atoms with E-state index < -0.39 is 5.54 Å². The van der Waals surface area contributed by atoms with Crippen LogP contribution in [-0.2, 0) is 9.53 Å². The number of rotatable bonds is 5. The van der Waals surface area contributed by atoms with Gasteiger partial charge in [0.2, 0.25) is 5.91 Å². The highest BCUT2D eigenvalue weighted by atomic mass is 16.5. The molecule has 0 radical (unpaired) electrons. The van der Waals surface area contributed by atoms with Crippen molar-refractivity contribution in [3.63, 3.8) is 0 Å². The standard InChI is InChI=1S/C14H20N2O3/c17-11-14(6-8-19-9-7-14)16-13(18)10-15-12-4-2-1-3-5-12/h1-5,15,17H,6-11H2,(H,16,18). The SMILES string of the molecule is O=C(CNc1ccccc1)NC1(CO)CCOCC1. The number of hydrogen-bond donors (Lipinski definition) is 3. The molecule has 0 bridgehead atoms. The Labute approximate surface area is 113 Å². The van der Waals surface area contributed by atoms with Crippen molar-refractivity contribution in [2.45, 2.75) is 18.4 Å². The summed E-state index contributed by atoms with van der Waals surface area (Å²) >= 11 is 0. The summed E-state index contributed by atoms with van der Waals surface area (Å²) < 4.78 is 5.26. The number of carbonyl (C=O) groups is 1. The summed E-state index contributed by atoms with van der Waals surface area (Å²) in [6, 6.07) is 9.56. The highest BCUT2D eigenvalue weighted by molar-refractivity contribution is 5.81. The Bertz CT molecular complexity index is 402. The second kappa shape index (κ2) is 6.54. The predicted octanol–water partition coefficient (Wildman–Crippen LogP) is 0.756. The maximum Gasteiger partial charge on any atom is 0.239 e. The lowest BCUT2D eigenvalue weighted by Gasteiger charge is -2.36. The van der Waals surface area contributed by atoms with Crippen LogP contribution in [0.5, 0.6) is 0 Å². The zero-order chi connectivity index (χ0) is 13.6. The van der Waals surface area contributed by atoms with Crippen molar-refractivity contribution in [2.75, 3.05) is 31.7 Å². The van der Waals surface area contributed by atoms with Crippen molar-refractivity contribution in [3.05, 3.63) is 30.3 Å². The number of amides is 1. The molecule has 0 spiro atoms. The first-order chi connectivity index (χ1) is 9.24. The van der Waals surface area contributed by atoms with Crippen molar-refractivity contribution < 1.29 is 14.6 Å². The van der Waals surface area contributed by atoms with E-state index in [9.17, 15) is 9.90 Å². The van der Waals surface area contributed by atoms with E-state index in [0.29, 0.717) is 26.1 Å². The van der Waals surface area contributed by atoms with Gasteiger partial charge in [-0.2, -0.15) is 0 Å². The minimum atomic E-state index is -0.520. The Kier molecular flexibility index (Phi) is 4.76. The highest BCUT2D eigenvalue weighted by Crippen LogP contribution is 2.19. The number of ether oxygens (including phenoxy) is 1. The molecule has 5 nitrogen and oxygen atoms in total. The molecule has 1 aromatic carbocycles. The first-order valence-electron chi connectivity index (χ1n) is 6.53. The van der Waals surface area contributed by atoms with Crippen LogP contribution in [0.4, 0.5) is 5.69 Å². The number of carbonyl (C=O) groups excluding carboxylic acids is 1. The average Bonchev–Trinajstić information content (AvgIpc) is 2.47. The van der Waals surface area contributed by atoms with E-state index in [2.05, 4.69) is 10.6 Å². The van der Waals surface area contributed by atoms with Crippen LogP contribution in [0.2, 0.25) is 0 Å². The molecule has 1 aromatic rings. The molecule has 0 unspecified atom stereocenters. The third-order valence-corrected chi connectivity index (χ3v) is 3.38. The Morgan fingerprint density at radius 1 is 1.26 bits per heavy atom. The van der Waals surface area contributed by atoms with Crippen LogP contribution in [0.15, 0.2) is 30.3 Å². The Morgan fingerprint density at radius 3 is 2.58 bits per heavy atom. The zero-order valence-corrected chi connectivity index (χ0v) is 10.9. The van der Waals surface area contributed by atoms with Crippen LogP contribution in [-0.4, -0.2) is 42.9 Å². The fourth-order valence-corrected chi connectivity index (χ4v) is 2.16. The molecule has 3 N–H and O–H groups in total. The third-order valence-electron chi connectivity index (χ3n) is 3.38. The summed E-state index contributed by atoms with van der Waals surface area (Å²) in [5, 5.41) is 15.5. The number of hydrogen-bond acceptors (Lipinski definition) is 4. The zero-order valence-electron chi connectivity index (χ0n) is 10.9. The molecule has 1 heterocycles. The molecule has 0 atom stereocenters. The van der Waals surface area contributed by atoms with Gasteiger partial charge in [-0.05, 0) is 25.0 Å². The van der Waals surface area contributed by atoms with Crippen molar-refractivity contribution >= 4 is 11.6 Å². The number of benzene rings is 1. The molecule has 1 fully saturated rings. The van der Waals surface area contributed by atoms with Crippen LogP contribution in [0, 0.1) is 0 Å². The molecular weight excluding hydrogens is 244 g/mol. The van der Waals surface area contributed by atoms with Crippen molar-refractivity contribution in [1.29, 1.82) is 0 Å². The second-order valence-corrected chi connectivity index (χ2v) is 4.82. The Morgan fingerprint density at radius 2 is 1.95 bits per heavy atom. The minimum Gasteiger partial charge on any atom is -0.394 e. The molecule has 1 amide bonds. The monoisotopic (exact) mass is 264 g/mol. The molecule has 0 saturated carbocycles. The van der Waals surface area contributed by atoms with Crippen molar-refractivity contribution in [3.8, 4) is 0 Å². The van der Waals surface area contributed by atoms with Gasteiger partial charge in [-0.15, -0.1) is 0 Å². The molecule has 1 saturated heterocycles. The van der Waals surface area contributed by atoms with Crippen LogP contribution < -0.4 is 10.6 Å². The van der Waals surface area contributed by atoms with Gasteiger partial charge < -0.3 is 20.5 Å². The van der Waals surface area contributed by atoms with E-state index in [0.717, 1.165) is 5.69 Å². The van der Waals surface area contributed by atoms with Gasteiger partial charge in [-0.1, -0.05) is 18.2 Å². The second-order valence-electron chi connectivity index (χ2n) is 4.82. The molecule has 5 heteroatoms. The molecule has 0 aliphatic carbocycles. The molecule has 1 aliphatic heterocycles. The molecule has 104 valence electrons. The maximum absolute atomic E-state index is 11.9. The lowest BCUT2D eigenvalue weighted by molar-refractivity contribution is -0.123. The van der Waals surface area contributed by atoms with Gasteiger partial charge in [-0.3, -0.25) is 4.79 Å². The smallest absolute Gasteiger partial charge is 0.239 e. The molecule has 19 heavy (non-hydrogen) atoms. The lowest BCUT2D eigenvalue weighted by Crippen LogP contribution is -2.55. The topological polar surface area (TPSA) is 70.6 Å². The quantitative estimate of drug-likeness (QED) is 0.734. The normalized spacial score (nSPS) is 17.7. The Hall–Kier alpha value is -1.59. The summed E-state index contributed by atoms with van der Waals surface area (Å²) in [5.74, 6) is -0.111. The average molecular weight is 264 g/mol. The summed E-state index contributed by atoms with van der Waals surface area (Å²) in [7, 11) is 0. The molecule has 2 rings (SSSR count). The summed E-state index contributed by atoms with van der Waals surface area (Å²) in [4.78, 5) is 11.9. The lowest BCUT2D eigenvalue weighted by atomic mass is 9.91. The summed E-state index contributed by atoms with van der Waals surface area (Å²) in [6.45, 7) is 1.31. The van der Waals surface area contributed by atoms with E-state index >= 15 is 0 Å². The van der Waals surface area contributed by atoms with E-state index in [4.69, 9.17) is 4.74 Å². The van der Waals surface area contributed by atoms with Crippen LogP contribution in [0.1, 0.15) is 12.8 Å². The molecular formula is C14H20N2O3. The number of para-hydroxylation sites is 1. The van der Waals surface area contributed by atoms with E-state index in [-0.39, 0.29) is 19.1 Å². The number of aliphatic hydroxyl groups is 1. The number of aliphatic hydroxyl groups excluding tert-OH is 1. The van der Waals surface area contributed by atoms with Gasteiger partial charge in [0.05, 0.1) is 18.7 Å². The molecule has 0 aromatic heterocycles. The van der Waals surface area contributed by atoms with E-state index in [1.807, 2.05) is 30.3 Å². The third kappa shape index (κ3) is 3.94.